The first-order chi connectivity index (χ1) is 11.3. The minimum absolute atomic E-state index is 0. The zero-order chi connectivity index (χ0) is 17.9. The van der Waals surface area contributed by atoms with Crippen LogP contribution in [-0.2, 0) is 23.3 Å². The number of rotatable bonds is 0. The van der Waals surface area contributed by atoms with E-state index in [4.69, 9.17) is 0 Å². The molecule has 8 heteroatoms. The van der Waals surface area contributed by atoms with Crippen LogP contribution in [0, 0.1) is 12.2 Å². The molecule has 2 aliphatic carbocycles. The summed E-state index contributed by atoms with van der Waals surface area (Å²) in [7, 11) is 0. The third-order valence-corrected chi connectivity index (χ3v) is 7.35. The van der Waals surface area contributed by atoms with Crippen LogP contribution in [0.4, 0.5) is 0 Å². The predicted octanol–water partition coefficient (Wildman–Crippen LogP) is 0.851. The molecule has 0 aromatic heterocycles. The van der Waals surface area contributed by atoms with Gasteiger partial charge in [-0.25, -0.2) is 12.2 Å². The quantitative estimate of drug-likeness (QED) is 0.268. The summed E-state index contributed by atoms with van der Waals surface area (Å²) in [5.41, 5.74) is 5.40. The van der Waals surface area contributed by atoms with Crippen LogP contribution in [0.1, 0.15) is 13.8 Å². The molecule has 0 saturated heterocycles. The van der Waals surface area contributed by atoms with Crippen molar-refractivity contribution in [3.05, 3.63) is 65.4 Å². The van der Waals surface area contributed by atoms with Gasteiger partial charge in [0.1, 0.15) is 0 Å². The van der Waals surface area contributed by atoms with Gasteiger partial charge in [-0.2, -0.15) is 34.4 Å². The van der Waals surface area contributed by atoms with E-state index >= 15 is 0 Å². The molecule has 26 heavy (non-hydrogen) atoms. The Bertz CT molecular complexity index is 699. The SMILES string of the molecule is CC1=CC2=C(Br)CSC2=[C-]1.CC1=CC2=C(Br)CSC2=[C-]1.C[Si](C)=[Zr+2].[Br-].[Br-]. The largest absolute Gasteiger partial charge is 1.00 e. The number of halogens is 4. The van der Waals surface area contributed by atoms with Crippen molar-refractivity contribution in [1.29, 1.82) is 0 Å². The normalized spacial score (nSPS) is 18.8. The van der Waals surface area contributed by atoms with Crippen molar-refractivity contribution in [3.8, 4) is 0 Å². The topological polar surface area (TPSA) is 0 Å². The van der Waals surface area contributed by atoms with Crippen molar-refractivity contribution in [2.75, 3.05) is 11.5 Å². The molecule has 0 aromatic rings. The van der Waals surface area contributed by atoms with E-state index in [2.05, 4.69) is 83.1 Å². The van der Waals surface area contributed by atoms with Gasteiger partial charge < -0.3 is 34.0 Å². The number of allylic oxidation sites excluding steroid dienone is 8. The Morgan fingerprint density at radius 3 is 1.46 bits per heavy atom. The van der Waals surface area contributed by atoms with E-state index in [-0.39, 0.29) is 39.4 Å². The summed E-state index contributed by atoms with van der Waals surface area (Å²) in [6.45, 7) is 8.78. The summed E-state index contributed by atoms with van der Waals surface area (Å²) in [6.07, 6.45) is 11.0. The maximum absolute atomic E-state index is 3.53. The Kier molecular flexibility index (Phi) is 14.6. The van der Waals surface area contributed by atoms with Crippen molar-refractivity contribution >= 4 is 60.8 Å². The number of thioether (sulfide) groups is 2. The summed E-state index contributed by atoms with van der Waals surface area (Å²) < 4.78 is 2.63. The van der Waals surface area contributed by atoms with Gasteiger partial charge in [-0.3, -0.25) is 0 Å². The molecule has 140 valence electrons. The average Bonchev–Trinajstić information content (AvgIpc) is 3.18. The Balaban J connectivity index is 0.000000378. The van der Waals surface area contributed by atoms with E-state index in [0.29, 0.717) is 0 Å². The molecule has 4 rings (SSSR count). The fraction of sp³-hybridized carbons (Fsp3) is 0.333. The summed E-state index contributed by atoms with van der Waals surface area (Å²) in [4.78, 5) is 2.62. The van der Waals surface area contributed by atoms with Crippen LogP contribution in [-0.4, -0.2) is 16.9 Å². The van der Waals surface area contributed by atoms with E-state index in [0.717, 1.165) is 11.5 Å². The molecule has 0 fully saturated rings. The molecular weight excluding hydrogens is 719 g/mol. The summed E-state index contributed by atoms with van der Waals surface area (Å²) in [5.74, 6) is 2.17. The molecule has 0 N–H and O–H groups in total. The maximum Gasteiger partial charge on any atom is -1.00 e. The van der Waals surface area contributed by atoms with Gasteiger partial charge in [0.05, 0.1) is 0 Å². The van der Waals surface area contributed by atoms with E-state index in [1.165, 1.54) is 41.1 Å². The van der Waals surface area contributed by atoms with Gasteiger partial charge in [-0.15, -0.1) is 33.3 Å². The van der Waals surface area contributed by atoms with E-state index < -0.39 is 0 Å². The van der Waals surface area contributed by atoms with Crippen LogP contribution in [0.15, 0.2) is 53.2 Å². The third kappa shape index (κ3) is 8.49. The minimum atomic E-state index is 0. The number of fused-ring (bicyclic) bond motifs is 2. The minimum Gasteiger partial charge on any atom is -1.00 e. The van der Waals surface area contributed by atoms with Crippen LogP contribution in [0.5, 0.6) is 0 Å². The van der Waals surface area contributed by atoms with Crippen molar-refractivity contribution in [2.45, 2.75) is 26.9 Å². The molecule has 0 nitrogen and oxygen atoms in total. The van der Waals surface area contributed by atoms with Crippen molar-refractivity contribution in [2.24, 2.45) is 0 Å². The Morgan fingerprint density at radius 1 is 0.885 bits per heavy atom. The summed E-state index contributed by atoms with van der Waals surface area (Å²) >= 11 is 12.5. The van der Waals surface area contributed by atoms with E-state index in [1.807, 2.05) is 23.5 Å². The van der Waals surface area contributed by atoms with Crippen LogP contribution in [0.3, 0.4) is 0 Å². The summed E-state index contributed by atoms with van der Waals surface area (Å²) in [5, 5.41) is 0. The van der Waals surface area contributed by atoms with Crippen LogP contribution < -0.4 is 34.0 Å². The molecule has 4 aliphatic rings. The molecule has 0 saturated carbocycles. The molecule has 0 atom stereocenters. The van der Waals surface area contributed by atoms with Crippen LogP contribution >= 0.6 is 55.4 Å². The second kappa shape index (κ2) is 13.5. The fourth-order valence-corrected chi connectivity index (χ4v) is 5.76. The van der Waals surface area contributed by atoms with Gasteiger partial charge in [0.15, 0.2) is 0 Å². The van der Waals surface area contributed by atoms with Gasteiger partial charge in [-0.05, 0) is 0 Å². The maximum atomic E-state index is 3.53. The number of hydrogen-bond donors (Lipinski definition) is 0. The monoisotopic (exact) mass is 732 g/mol. The van der Waals surface area contributed by atoms with Gasteiger partial charge >= 0.3 is 41.9 Å². The van der Waals surface area contributed by atoms with Crippen LogP contribution in [0.2, 0.25) is 13.1 Å². The molecule has 0 amide bonds. The first kappa shape index (κ1) is 28.2. The van der Waals surface area contributed by atoms with Gasteiger partial charge in [0.25, 0.3) is 0 Å². The molecule has 0 spiro atoms. The molecule has 0 aromatic carbocycles. The van der Waals surface area contributed by atoms with Crippen molar-refractivity contribution in [3.63, 3.8) is 0 Å². The van der Waals surface area contributed by atoms with Gasteiger partial charge in [0, 0.05) is 11.5 Å². The molecule has 2 heterocycles. The first-order valence-electron chi connectivity index (χ1n) is 7.48. The Labute approximate surface area is 219 Å². The standard InChI is InChI=1S/2C8H6BrS.C2H6Si.2BrH.Zr/c2*1-5-2-6-7(9)4-10-8(6)3-5;1-3-2;;;/h2*2H,4H2,1H3;1-2H3;2*1H;/q2*-1;;;;+2/p-2. The molecule has 0 radical (unpaired) electrons. The average molecular weight is 737 g/mol. The second-order valence-electron chi connectivity index (χ2n) is 5.78. The fourth-order valence-electron chi connectivity index (χ4n) is 2.19. The second-order valence-corrected chi connectivity index (χ2v) is 19.0. The zero-order valence-corrected chi connectivity index (χ0v) is 26.3. The molecule has 0 bridgehead atoms. The zero-order valence-electron chi connectivity index (χ0n) is 14.9. The van der Waals surface area contributed by atoms with Crippen molar-refractivity contribution in [1.82, 2.24) is 0 Å². The van der Waals surface area contributed by atoms with Crippen LogP contribution in [0.25, 0.3) is 0 Å². The van der Waals surface area contributed by atoms with E-state index in [9.17, 15) is 0 Å². The van der Waals surface area contributed by atoms with E-state index in [1.54, 1.807) is 23.3 Å². The molecular formula is C18H18Br4S2SiZr-2. The Morgan fingerprint density at radius 2 is 1.19 bits per heavy atom. The molecule has 0 unspecified atom stereocenters. The summed E-state index contributed by atoms with van der Waals surface area (Å²) in [6, 6.07) is 0. The van der Waals surface area contributed by atoms with Gasteiger partial charge in [0.2, 0.25) is 0 Å². The predicted molar refractivity (Wildman–Crippen MR) is 115 cm³/mol. The van der Waals surface area contributed by atoms with Crippen molar-refractivity contribution < 1.29 is 57.3 Å². The third-order valence-electron chi connectivity index (χ3n) is 3.10. The first-order valence-corrected chi connectivity index (χ1v) is 17.2. The Hall–Kier alpha value is 2.16. The smallest absolute Gasteiger partial charge is 1.00 e. The molecule has 2 aliphatic heterocycles. The number of hydrogen-bond acceptors (Lipinski definition) is 2. The van der Waals surface area contributed by atoms with Gasteiger partial charge in [-0.1, -0.05) is 54.7 Å².